The van der Waals surface area contributed by atoms with Gasteiger partial charge in [0, 0.05) is 0 Å². The van der Waals surface area contributed by atoms with E-state index in [1.165, 1.54) is 0 Å². The maximum Gasteiger partial charge on any atom is 0.243 e. The lowest BCUT2D eigenvalue weighted by Crippen LogP contribution is -2.48. The Morgan fingerprint density at radius 2 is 1.80 bits per heavy atom. The van der Waals surface area contributed by atoms with Gasteiger partial charge < -0.3 is 5.32 Å². The third kappa shape index (κ3) is 3.52. The number of nitrogens with zero attached hydrogens (tertiary/aromatic N) is 1. The number of carbonyl (C=O) groups is 1. The van der Waals surface area contributed by atoms with Crippen molar-refractivity contribution in [2.24, 2.45) is 0 Å². The van der Waals surface area contributed by atoms with E-state index in [1.807, 2.05) is 30.3 Å². The molecule has 0 aromatic heterocycles. The standard InChI is InChI=1S/C16H19ClN2O/c17-14(13-8-4-3-5-9-13)15(20)19-16(12-18)10-6-1-2-7-11-16/h3-5,8-9,14H,1-2,6-7,10-11H2,(H,19,20). The number of nitriles is 1. The highest BCUT2D eigenvalue weighted by molar-refractivity contribution is 6.30. The van der Waals surface area contributed by atoms with Crippen molar-refractivity contribution >= 4 is 17.5 Å². The molecule has 0 bridgehead atoms. The SMILES string of the molecule is N#CC1(NC(=O)C(Cl)c2ccccc2)CCCCCC1. The van der Waals surface area contributed by atoms with Crippen LogP contribution in [-0.4, -0.2) is 11.4 Å². The van der Waals surface area contributed by atoms with Crippen molar-refractivity contribution in [3.05, 3.63) is 35.9 Å². The molecule has 106 valence electrons. The van der Waals surface area contributed by atoms with E-state index in [4.69, 9.17) is 11.6 Å². The molecule has 1 atom stereocenters. The lowest BCUT2D eigenvalue weighted by molar-refractivity contribution is -0.122. The second kappa shape index (κ2) is 6.76. The maximum atomic E-state index is 12.3. The van der Waals surface area contributed by atoms with Gasteiger partial charge in [-0.3, -0.25) is 4.79 Å². The van der Waals surface area contributed by atoms with Gasteiger partial charge in [0.2, 0.25) is 5.91 Å². The van der Waals surface area contributed by atoms with Crippen molar-refractivity contribution < 1.29 is 4.79 Å². The first kappa shape index (κ1) is 14.9. The summed E-state index contributed by atoms with van der Waals surface area (Å²) in [5.74, 6) is -0.277. The molecule has 1 aliphatic rings. The molecule has 1 saturated carbocycles. The number of benzene rings is 1. The van der Waals surface area contributed by atoms with E-state index in [9.17, 15) is 10.1 Å². The first-order chi connectivity index (χ1) is 9.67. The maximum absolute atomic E-state index is 12.3. The molecule has 0 heterocycles. The summed E-state index contributed by atoms with van der Waals surface area (Å²) in [6.45, 7) is 0. The van der Waals surface area contributed by atoms with Crippen molar-refractivity contribution in [1.29, 1.82) is 5.26 Å². The molecule has 2 rings (SSSR count). The zero-order chi connectivity index (χ0) is 14.4. The summed E-state index contributed by atoms with van der Waals surface area (Å²) in [6, 6.07) is 11.5. The lowest BCUT2D eigenvalue weighted by Gasteiger charge is -2.27. The number of halogens is 1. The average Bonchev–Trinajstić information content (AvgIpc) is 2.73. The van der Waals surface area contributed by atoms with Crippen molar-refractivity contribution in [2.75, 3.05) is 0 Å². The Labute approximate surface area is 124 Å². The van der Waals surface area contributed by atoms with Crippen molar-refractivity contribution in [2.45, 2.75) is 49.4 Å². The summed E-state index contributed by atoms with van der Waals surface area (Å²) in [6.07, 6.45) is 5.64. The number of hydrogen-bond donors (Lipinski definition) is 1. The molecule has 1 amide bonds. The van der Waals surface area contributed by atoms with Crippen LogP contribution < -0.4 is 5.32 Å². The van der Waals surface area contributed by atoms with Gasteiger partial charge in [-0.15, -0.1) is 11.6 Å². The van der Waals surface area contributed by atoms with E-state index in [0.717, 1.165) is 31.2 Å². The fourth-order valence-corrected chi connectivity index (χ4v) is 2.87. The molecular formula is C16H19ClN2O. The molecule has 0 saturated heterocycles. The Kier molecular flexibility index (Phi) is 5.03. The van der Waals surface area contributed by atoms with Crippen LogP contribution in [0.15, 0.2) is 30.3 Å². The van der Waals surface area contributed by atoms with Crippen LogP contribution in [0.1, 0.15) is 49.5 Å². The van der Waals surface area contributed by atoms with Gasteiger partial charge in [-0.25, -0.2) is 0 Å². The molecule has 1 aliphatic carbocycles. The van der Waals surface area contributed by atoms with Crippen molar-refractivity contribution in [3.8, 4) is 6.07 Å². The van der Waals surface area contributed by atoms with Gasteiger partial charge in [0.1, 0.15) is 10.9 Å². The van der Waals surface area contributed by atoms with E-state index < -0.39 is 10.9 Å². The highest BCUT2D eigenvalue weighted by Gasteiger charge is 2.34. The molecule has 1 N–H and O–H groups in total. The van der Waals surface area contributed by atoms with E-state index in [0.29, 0.717) is 12.8 Å². The molecule has 1 aromatic carbocycles. The number of nitrogens with one attached hydrogen (secondary N) is 1. The summed E-state index contributed by atoms with van der Waals surface area (Å²) in [7, 11) is 0. The first-order valence-electron chi connectivity index (χ1n) is 7.09. The highest BCUT2D eigenvalue weighted by atomic mass is 35.5. The van der Waals surface area contributed by atoms with Crippen molar-refractivity contribution in [1.82, 2.24) is 5.32 Å². The van der Waals surface area contributed by atoms with Crippen LogP contribution in [-0.2, 0) is 4.79 Å². The normalized spacial score (nSPS) is 19.4. The van der Waals surface area contributed by atoms with Gasteiger partial charge in [-0.1, -0.05) is 56.0 Å². The van der Waals surface area contributed by atoms with E-state index in [1.54, 1.807) is 0 Å². The van der Waals surface area contributed by atoms with Gasteiger partial charge in [-0.2, -0.15) is 5.26 Å². The average molecular weight is 291 g/mol. The van der Waals surface area contributed by atoms with Crippen LogP contribution in [0.4, 0.5) is 0 Å². The summed E-state index contributed by atoms with van der Waals surface area (Å²) in [5, 5.41) is 11.6. The van der Waals surface area contributed by atoms with E-state index in [-0.39, 0.29) is 5.91 Å². The number of rotatable bonds is 3. The van der Waals surface area contributed by atoms with Crippen LogP contribution in [0.5, 0.6) is 0 Å². The molecule has 0 aliphatic heterocycles. The topological polar surface area (TPSA) is 52.9 Å². The second-order valence-corrected chi connectivity index (χ2v) is 5.81. The van der Waals surface area contributed by atoms with Gasteiger partial charge in [-0.05, 0) is 18.4 Å². The number of alkyl halides is 1. The Morgan fingerprint density at radius 3 is 2.35 bits per heavy atom. The summed E-state index contributed by atoms with van der Waals surface area (Å²) in [4.78, 5) is 12.3. The van der Waals surface area contributed by atoms with Crippen LogP contribution in [0.2, 0.25) is 0 Å². The predicted octanol–water partition coefficient (Wildman–Crippen LogP) is 3.70. The zero-order valence-electron chi connectivity index (χ0n) is 11.4. The first-order valence-corrected chi connectivity index (χ1v) is 7.53. The van der Waals surface area contributed by atoms with Crippen LogP contribution >= 0.6 is 11.6 Å². The van der Waals surface area contributed by atoms with Gasteiger partial charge >= 0.3 is 0 Å². The van der Waals surface area contributed by atoms with Gasteiger partial charge in [0.05, 0.1) is 6.07 Å². The van der Waals surface area contributed by atoms with Crippen LogP contribution in [0.3, 0.4) is 0 Å². The van der Waals surface area contributed by atoms with Crippen molar-refractivity contribution in [3.63, 3.8) is 0 Å². The van der Waals surface area contributed by atoms with E-state index in [2.05, 4.69) is 11.4 Å². The quantitative estimate of drug-likeness (QED) is 0.682. The minimum absolute atomic E-state index is 0.277. The van der Waals surface area contributed by atoms with E-state index >= 15 is 0 Å². The third-order valence-electron chi connectivity index (χ3n) is 3.86. The monoisotopic (exact) mass is 290 g/mol. The third-order valence-corrected chi connectivity index (χ3v) is 4.31. The minimum Gasteiger partial charge on any atom is -0.336 e. The fraction of sp³-hybridized carbons (Fsp3) is 0.500. The Bertz CT molecular complexity index is 487. The second-order valence-electron chi connectivity index (χ2n) is 5.37. The van der Waals surface area contributed by atoms with Gasteiger partial charge in [0.15, 0.2) is 0 Å². The van der Waals surface area contributed by atoms with Crippen LogP contribution in [0.25, 0.3) is 0 Å². The largest absolute Gasteiger partial charge is 0.336 e. The number of amides is 1. The molecular weight excluding hydrogens is 272 g/mol. The Hall–Kier alpha value is -1.53. The molecule has 1 fully saturated rings. The molecule has 1 unspecified atom stereocenters. The summed E-state index contributed by atoms with van der Waals surface area (Å²) < 4.78 is 0. The number of carbonyl (C=O) groups excluding carboxylic acids is 1. The zero-order valence-corrected chi connectivity index (χ0v) is 12.2. The lowest BCUT2D eigenvalue weighted by atomic mass is 9.91. The molecule has 20 heavy (non-hydrogen) atoms. The summed E-state index contributed by atoms with van der Waals surface area (Å²) in [5.41, 5.74) is 0.0172. The Balaban J connectivity index is 2.07. The molecule has 3 nitrogen and oxygen atoms in total. The number of hydrogen-bond acceptors (Lipinski definition) is 2. The minimum atomic E-state index is -0.746. The molecule has 0 radical (unpaired) electrons. The fourth-order valence-electron chi connectivity index (χ4n) is 2.67. The summed E-state index contributed by atoms with van der Waals surface area (Å²) >= 11 is 6.21. The Morgan fingerprint density at radius 1 is 1.20 bits per heavy atom. The molecule has 4 heteroatoms. The molecule has 1 aromatic rings. The smallest absolute Gasteiger partial charge is 0.243 e. The highest BCUT2D eigenvalue weighted by Crippen LogP contribution is 2.28. The van der Waals surface area contributed by atoms with Crippen LogP contribution in [0, 0.1) is 11.3 Å². The predicted molar refractivity (Wildman–Crippen MR) is 79.2 cm³/mol. The van der Waals surface area contributed by atoms with Gasteiger partial charge in [0.25, 0.3) is 0 Å². The molecule has 0 spiro atoms.